The van der Waals surface area contributed by atoms with Gasteiger partial charge in [-0.25, -0.2) is 4.79 Å². The minimum atomic E-state index is -0.517. The number of rotatable bonds is 6. The molecule has 6 nitrogen and oxygen atoms in total. The number of carbonyl (C=O) groups is 2. The highest BCUT2D eigenvalue weighted by molar-refractivity contribution is 7.18. The van der Waals surface area contributed by atoms with Crippen LogP contribution in [-0.4, -0.2) is 25.1 Å². The van der Waals surface area contributed by atoms with Crippen molar-refractivity contribution in [2.24, 2.45) is 0 Å². The predicted octanol–water partition coefficient (Wildman–Crippen LogP) is 4.41. The molecule has 2 aromatic rings. The van der Waals surface area contributed by atoms with Crippen LogP contribution in [-0.2, 0) is 4.74 Å². The Morgan fingerprint density at radius 2 is 2.04 bits per heavy atom. The van der Waals surface area contributed by atoms with E-state index in [1.807, 2.05) is 13.0 Å². The average molecular weight is 393 g/mol. The zero-order valence-electron chi connectivity index (χ0n) is 14.5. The van der Waals surface area contributed by atoms with Gasteiger partial charge in [0.25, 0.3) is 5.91 Å². The zero-order chi connectivity index (χ0) is 19.3. The van der Waals surface area contributed by atoms with Crippen LogP contribution < -0.4 is 10.1 Å². The monoisotopic (exact) mass is 392 g/mol. The Kier molecular flexibility index (Phi) is 6.61. The molecule has 0 aliphatic carbocycles. The lowest BCUT2D eigenvalue weighted by atomic mass is 10.1. The second-order valence-corrected chi connectivity index (χ2v) is 6.55. The molecule has 1 aromatic carbocycles. The predicted molar refractivity (Wildman–Crippen MR) is 100 cm³/mol. The molecule has 1 amide bonds. The van der Waals surface area contributed by atoms with Crippen molar-refractivity contribution < 1.29 is 19.1 Å². The van der Waals surface area contributed by atoms with E-state index in [0.717, 1.165) is 11.3 Å². The van der Waals surface area contributed by atoms with E-state index in [1.165, 1.54) is 6.07 Å². The molecule has 0 radical (unpaired) electrons. The Balaban J connectivity index is 2.29. The summed E-state index contributed by atoms with van der Waals surface area (Å²) >= 11 is 7.11. The first-order chi connectivity index (χ1) is 12.4. The molecule has 0 aliphatic heterocycles. The standard InChI is InChI=1S/C18H17ClN2O4S/c1-4-24-14-7-6-11(8-13(14)19)16(22)21-17-12(9-20)10(3)15(26-17)18(23)25-5-2/h6-8H,4-5H2,1-3H3,(H,21,22). The first kappa shape index (κ1) is 19.8. The lowest BCUT2D eigenvalue weighted by Crippen LogP contribution is -2.11. The van der Waals surface area contributed by atoms with Crippen molar-refractivity contribution in [2.45, 2.75) is 20.8 Å². The molecule has 0 saturated carbocycles. The van der Waals surface area contributed by atoms with Gasteiger partial charge in [-0.15, -0.1) is 11.3 Å². The number of hydrogen-bond donors (Lipinski definition) is 1. The number of anilines is 1. The summed E-state index contributed by atoms with van der Waals surface area (Å²) in [6, 6.07) is 6.69. The molecule has 0 spiro atoms. The van der Waals surface area contributed by atoms with E-state index in [9.17, 15) is 14.9 Å². The Bertz CT molecular complexity index is 886. The van der Waals surface area contributed by atoms with Gasteiger partial charge >= 0.3 is 5.97 Å². The third-order valence-corrected chi connectivity index (χ3v) is 4.92. The number of carbonyl (C=O) groups excluding carboxylic acids is 2. The summed E-state index contributed by atoms with van der Waals surface area (Å²) in [5.41, 5.74) is 1.03. The number of nitriles is 1. The van der Waals surface area contributed by atoms with Crippen molar-refractivity contribution >= 4 is 39.8 Å². The third kappa shape index (κ3) is 4.15. The van der Waals surface area contributed by atoms with Gasteiger partial charge < -0.3 is 14.8 Å². The first-order valence-electron chi connectivity index (χ1n) is 7.87. The van der Waals surface area contributed by atoms with Crippen molar-refractivity contribution in [3.05, 3.63) is 44.8 Å². The SMILES string of the molecule is CCOC(=O)c1sc(NC(=O)c2ccc(OCC)c(Cl)c2)c(C#N)c1C. The number of nitrogens with one attached hydrogen (secondary N) is 1. The largest absolute Gasteiger partial charge is 0.492 e. The fourth-order valence-electron chi connectivity index (χ4n) is 2.22. The summed E-state index contributed by atoms with van der Waals surface area (Å²) in [6.07, 6.45) is 0. The van der Waals surface area contributed by atoms with Gasteiger partial charge in [0.05, 0.1) is 23.8 Å². The number of nitrogens with zero attached hydrogens (tertiary/aromatic N) is 1. The number of halogens is 1. The van der Waals surface area contributed by atoms with E-state index in [2.05, 4.69) is 5.32 Å². The van der Waals surface area contributed by atoms with Gasteiger partial charge in [0, 0.05) is 5.56 Å². The molecule has 0 atom stereocenters. The van der Waals surface area contributed by atoms with Crippen LogP contribution in [0.5, 0.6) is 5.75 Å². The van der Waals surface area contributed by atoms with Crippen LogP contribution in [0.1, 0.15) is 45.0 Å². The summed E-state index contributed by atoms with van der Waals surface area (Å²) in [6.45, 7) is 5.86. The number of benzene rings is 1. The molecule has 0 fully saturated rings. The number of thiophene rings is 1. The molecule has 0 saturated heterocycles. The van der Waals surface area contributed by atoms with Gasteiger partial charge in [-0.2, -0.15) is 5.26 Å². The maximum Gasteiger partial charge on any atom is 0.348 e. The van der Waals surface area contributed by atoms with Crippen molar-refractivity contribution in [2.75, 3.05) is 18.5 Å². The van der Waals surface area contributed by atoms with Gasteiger partial charge in [-0.1, -0.05) is 11.6 Å². The highest BCUT2D eigenvalue weighted by atomic mass is 35.5. The normalized spacial score (nSPS) is 10.1. The number of ether oxygens (including phenoxy) is 2. The van der Waals surface area contributed by atoms with Crippen molar-refractivity contribution in [3.63, 3.8) is 0 Å². The molecule has 1 N–H and O–H groups in total. The molecule has 2 rings (SSSR count). The third-order valence-electron chi connectivity index (χ3n) is 3.44. The van der Waals surface area contributed by atoms with Crippen LogP contribution in [0.25, 0.3) is 0 Å². The summed E-state index contributed by atoms with van der Waals surface area (Å²) in [5, 5.41) is 12.6. The number of amides is 1. The highest BCUT2D eigenvalue weighted by Gasteiger charge is 2.22. The van der Waals surface area contributed by atoms with Crippen LogP contribution in [0.4, 0.5) is 5.00 Å². The van der Waals surface area contributed by atoms with Gasteiger partial charge in [0.15, 0.2) is 0 Å². The fraction of sp³-hybridized carbons (Fsp3) is 0.278. The topological polar surface area (TPSA) is 88.4 Å². The summed E-state index contributed by atoms with van der Waals surface area (Å²) in [4.78, 5) is 24.8. The molecule has 1 heterocycles. The average Bonchev–Trinajstić information content (AvgIpc) is 2.92. The molecule has 0 unspecified atom stereocenters. The highest BCUT2D eigenvalue weighted by Crippen LogP contribution is 2.34. The maximum atomic E-state index is 12.5. The maximum absolute atomic E-state index is 12.5. The molecule has 0 aliphatic rings. The quantitative estimate of drug-likeness (QED) is 0.735. The minimum Gasteiger partial charge on any atom is -0.492 e. The van der Waals surface area contributed by atoms with Crippen molar-refractivity contribution in [1.29, 1.82) is 5.26 Å². The van der Waals surface area contributed by atoms with E-state index in [-0.39, 0.29) is 12.2 Å². The van der Waals surface area contributed by atoms with Crippen LogP contribution in [0.2, 0.25) is 5.02 Å². The second-order valence-electron chi connectivity index (χ2n) is 5.12. The van der Waals surface area contributed by atoms with Gasteiger partial charge in [0.2, 0.25) is 0 Å². The Morgan fingerprint density at radius 1 is 1.31 bits per heavy atom. The van der Waals surface area contributed by atoms with E-state index in [1.54, 1.807) is 26.0 Å². The van der Waals surface area contributed by atoms with Gasteiger partial charge in [0.1, 0.15) is 21.7 Å². The molecular formula is C18H17ClN2O4S. The van der Waals surface area contributed by atoms with Crippen LogP contribution >= 0.6 is 22.9 Å². The van der Waals surface area contributed by atoms with Crippen LogP contribution in [0.3, 0.4) is 0 Å². The molecule has 8 heteroatoms. The molecule has 26 heavy (non-hydrogen) atoms. The Morgan fingerprint density at radius 3 is 2.62 bits per heavy atom. The lowest BCUT2D eigenvalue weighted by molar-refractivity contribution is 0.0531. The summed E-state index contributed by atoms with van der Waals surface area (Å²) in [7, 11) is 0. The lowest BCUT2D eigenvalue weighted by Gasteiger charge is -2.08. The summed E-state index contributed by atoms with van der Waals surface area (Å²) < 4.78 is 10.3. The number of esters is 1. The summed E-state index contributed by atoms with van der Waals surface area (Å²) in [5.74, 6) is -0.473. The number of hydrogen-bond acceptors (Lipinski definition) is 6. The van der Waals surface area contributed by atoms with Crippen molar-refractivity contribution in [1.82, 2.24) is 0 Å². The van der Waals surface area contributed by atoms with E-state index in [4.69, 9.17) is 21.1 Å². The zero-order valence-corrected chi connectivity index (χ0v) is 16.1. The molecular weight excluding hydrogens is 376 g/mol. The minimum absolute atomic E-state index is 0.227. The van der Waals surface area contributed by atoms with E-state index >= 15 is 0 Å². The molecule has 1 aromatic heterocycles. The first-order valence-corrected chi connectivity index (χ1v) is 9.06. The molecule has 0 bridgehead atoms. The van der Waals surface area contributed by atoms with E-state index in [0.29, 0.717) is 38.4 Å². The van der Waals surface area contributed by atoms with E-state index < -0.39 is 11.9 Å². The van der Waals surface area contributed by atoms with Gasteiger partial charge in [-0.05, 0) is 44.5 Å². The second kappa shape index (κ2) is 8.70. The van der Waals surface area contributed by atoms with Gasteiger partial charge in [-0.3, -0.25) is 4.79 Å². The Hall–Kier alpha value is -2.56. The van der Waals surface area contributed by atoms with Crippen LogP contribution in [0.15, 0.2) is 18.2 Å². The van der Waals surface area contributed by atoms with Crippen molar-refractivity contribution in [3.8, 4) is 11.8 Å². The van der Waals surface area contributed by atoms with Crippen LogP contribution in [0, 0.1) is 18.3 Å². The smallest absolute Gasteiger partial charge is 0.348 e. The fourth-order valence-corrected chi connectivity index (χ4v) is 3.50. The molecule has 136 valence electrons. The Labute approximate surface area is 160 Å².